The predicted octanol–water partition coefficient (Wildman–Crippen LogP) is 4.50. The molecule has 3 aromatic heterocycles. The molecule has 0 bridgehead atoms. The summed E-state index contributed by atoms with van der Waals surface area (Å²) >= 11 is 0. The number of aliphatic hydroxyl groups is 1. The van der Waals surface area contributed by atoms with Gasteiger partial charge in [-0.15, -0.1) is 0 Å². The third-order valence-corrected chi connectivity index (χ3v) is 10.5. The van der Waals surface area contributed by atoms with Crippen molar-refractivity contribution < 1.29 is 9.53 Å². The van der Waals surface area contributed by atoms with Gasteiger partial charge in [0.15, 0.2) is 14.1 Å². The average Bonchev–Trinajstić information content (AvgIpc) is 3.15. The molecule has 7 nitrogen and oxygen atoms in total. The van der Waals surface area contributed by atoms with E-state index < -0.39 is 20.0 Å². The van der Waals surface area contributed by atoms with E-state index in [0.717, 1.165) is 29.5 Å². The van der Waals surface area contributed by atoms with Crippen LogP contribution in [0.4, 0.5) is 0 Å². The van der Waals surface area contributed by atoms with Gasteiger partial charge in [-0.2, -0.15) is 0 Å². The Morgan fingerprint density at radius 3 is 2.41 bits per heavy atom. The third-order valence-electron chi connectivity index (χ3n) is 5.71. The number of rotatable bonds is 8. The molecule has 3 heterocycles. The lowest BCUT2D eigenvalue weighted by atomic mass is 10.1. The van der Waals surface area contributed by atoms with Crippen molar-refractivity contribution >= 4 is 14.1 Å². The average molecular weight is 414 g/mol. The van der Waals surface area contributed by atoms with E-state index in [2.05, 4.69) is 49.6 Å². The lowest BCUT2D eigenvalue weighted by Gasteiger charge is -2.37. The van der Waals surface area contributed by atoms with Gasteiger partial charge in [-0.25, -0.2) is 19.9 Å². The number of nitrogens with zero attached hydrogens (tertiary/aromatic N) is 5. The topological polar surface area (TPSA) is 85.4 Å². The van der Waals surface area contributed by atoms with Crippen molar-refractivity contribution in [3.63, 3.8) is 0 Å². The molecular formula is C21H31N5O2Si. The minimum atomic E-state index is -1.78. The fraction of sp³-hybridized carbons (Fsp3) is 0.524. The van der Waals surface area contributed by atoms with Crippen LogP contribution in [0.3, 0.4) is 0 Å². The largest absolute Gasteiger partial charge is 0.406 e. The third kappa shape index (κ3) is 4.24. The van der Waals surface area contributed by atoms with Gasteiger partial charge in [-0.1, -0.05) is 20.8 Å². The van der Waals surface area contributed by atoms with Crippen molar-refractivity contribution in [1.82, 2.24) is 24.3 Å². The highest BCUT2D eigenvalue weighted by atomic mass is 28.4. The molecular weight excluding hydrogens is 382 g/mol. The van der Waals surface area contributed by atoms with Gasteiger partial charge in [0.2, 0.25) is 5.78 Å². The van der Waals surface area contributed by atoms with Gasteiger partial charge in [0, 0.05) is 12.4 Å². The first kappa shape index (κ1) is 21.5. The zero-order chi connectivity index (χ0) is 21.2. The Kier molecular flexibility index (Phi) is 6.16. The zero-order valence-corrected chi connectivity index (χ0v) is 19.2. The summed E-state index contributed by atoms with van der Waals surface area (Å²) in [4.78, 5) is 17.8. The molecule has 0 saturated carbocycles. The number of hydrogen-bond acceptors (Lipinski definition) is 6. The second-order valence-corrected chi connectivity index (χ2v) is 12.6. The molecule has 3 aromatic rings. The van der Waals surface area contributed by atoms with Gasteiger partial charge >= 0.3 is 0 Å². The number of hydrogen-bond donors (Lipinski definition) is 1. The van der Waals surface area contributed by atoms with E-state index in [9.17, 15) is 5.11 Å². The zero-order valence-electron chi connectivity index (χ0n) is 18.2. The molecule has 29 heavy (non-hydrogen) atoms. The van der Waals surface area contributed by atoms with Crippen LogP contribution in [0, 0.1) is 0 Å². The molecule has 0 radical (unpaired) electrons. The van der Waals surface area contributed by atoms with Crippen LogP contribution in [-0.4, -0.2) is 37.8 Å². The summed E-state index contributed by atoms with van der Waals surface area (Å²) < 4.78 is 8.63. The Balaban J connectivity index is 1.97. The van der Waals surface area contributed by atoms with Crippen molar-refractivity contribution in [2.45, 2.75) is 71.4 Å². The van der Waals surface area contributed by atoms with Crippen molar-refractivity contribution in [3.05, 3.63) is 42.2 Å². The summed E-state index contributed by atoms with van der Waals surface area (Å²) in [6, 6.07) is 7.09. The van der Waals surface area contributed by atoms with Gasteiger partial charge in [0.1, 0.15) is 6.10 Å². The quantitative estimate of drug-likeness (QED) is 0.547. The molecule has 0 amide bonds. The van der Waals surface area contributed by atoms with E-state index in [1.807, 2.05) is 16.7 Å². The van der Waals surface area contributed by atoms with Gasteiger partial charge in [-0.3, -0.25) is 4.40 Å². The molecule has 1 N–H and O–H groups in total. The molecule has 1 atom stereocenters. The number of imidazole rings is 1. The molecule has 0 spiro atoms. The van der Waals surface area contributed by atoms with Crippen LogP contribution < -0.4 is 0 Å². The van der Waals surface area contributed by atoms with Crippen LogP contribution in [0.15, 0.2) is 30.7 Å². The summed E-state index contributed by atoms with van der Waals surface area (Å²) in [5.74, 6) is 0.986. The van der Waals surface area contributed by atoms with Gasteiger partial charge in [0.05, 0.1) is 28.9 Å². The van der Waals surface area contributed by atoms with Crippen molar-refractivity contribution in [2.75, 3.05) is 0 Å². The predicted molar refractivity (Wildman–Crippen MR) is 116 cm³/mol. The Bertz CT molecular complexity index is 974. The van der Waals surface area contributed by atoms with E-state index in [4.69, 9.17) is 9.41 Å². The first-order valence-corrected chi connectivity index (χ1v) is 12.8. The van der Waals surface area contributed by atoms with Crippen LogP contribution >= 0.6 is 0 Å². The number of aliphatic hydroxyl groups excluding tert-OH is 1. The summed E-state index contributed by atoms with van der Waals surface area (Å²) in [5, 5.41) is 9.77. The Morgan fingerprint density at radius 2 is 1.79 bits per heavy atom. The molecule has 1 unspecified atom stereocenters. The maximum absolute atomic E-state index is 9.77. The fourth-order valence-corrected chi connectivity index (χ4v) is 6.79. The maximum Gasteiger partial charge on any atom is 0.234 e. The lowest BCUT2D eigenvalue weighted by Crippen LogP contribution is -2.43. The van der Waals surface area contributed by atoms with E-state index >= 15 is 0 Å². The molecule has 0 saturated heterocycles. The van der Waals surface area contributed by atoms with Gasteiger partial charge < -0.3 is 9.53 Å². The van der Waals surface area contributed by atoms with Crippen molar-refractivity contribution in [1.29, 1.82) is 0 Å². The minimum absolute atomic E-state index is 0.386. The van der Waals surface area contributed by atoms with Crippen molar-refractivity contribution in [2.24, 2.45) is 0 Å². The Hall–Kier alpha value is -2.16. The number of fused-ring (bicyclic) bond motifs is 1. The van der Waals surface area contributed by atoms with E-state index in [1.165, 1.54) is 0 Å². The van der Waals surface area contributed by atoms with Crippen LogP contribution in [0.1, 0.15) is 59.2 Å². The van der Waals surface area contributed by atoms with Crippen molar-refractivity contribution in [3.8, 4) is 11.4 Å². The van der Waals surface area contributed by atoms with Crippen LogP contribution in [-0.2, 0) is 10.0 Å². The Morgan fingerprint density at radius 1 is 1.10 bits per heavy atom. The SMILES string of the molecule is CC[Si](CC)(CC)OC(C)(C)c1ccn2c(-c3ccnc(C(C)O)n3)cnc2n1. The molecule has 8 heteroatoms. The van der Waals surface area contributed by atoms with Gasteiger partial charge in [0.25, 0.3) is 0 Å². The number of aromatic nitrogens is 5. The Labute approximate surface area is 173 Å². The van der Waals surface area contributed by atoms with E-state index in [0.29, 0.717) is 17.3 Å². The summed E-state index contributed by atoms with van der Waals surface area (Å²) in [5.41, 5.74) is 1.90. The highest BCUT2D eigenvalue weighted by Gasteiger charge is 2.37. The van der Waals surface area contributed by atoms with Gasteiger partial charge in [-0.05, 0) is 51.0 Å². The lowest BCUT2D eigenvalue weighted by molar-refractivity contribution is 0.0894. The van der Waals surface area contributed by atoms with E-state index in [-0.39, 0.29) is 0 Å². The molecule has 0 aliphatic rings. The molecule has 0 aliphatic carbocycles. The van der Waals surface area contributed by atoms with Crippen LogP contribution in [0.5, 0.6) is 0 Å². The first-order valence-electron chi connectivity index (χ1n) is 10.3. The molecule has 3 rings (SSSR count). The normalized spacial score (nSPS) is 13.8. The highest BCUT2D eigenvalue weighted by molar-refractivity contribution is 6.73. The second kappa shape index (κ2) is 8.29. The molecule has 0 aliphatic heterocycles. The second-order valence-electron chi connectivity index (χ2n) is 7.96. The smallest absolute Gasteiger partial charge is 0.234 e. The van der Waals surface area contributed by atoms with Crippen LogP contribution in [0.25, 0.3) is 17.2 Å². The van der Waals surface area contributed by atoms with E-state index in [1.54, 1.807) is 25.4 Å². The monoisotopic (exact) mass is 413 g/mol. The standard InChI is InChI=1S/C21H31N5O2Si/c1-7-29(8-2,9-3)28-21(5,6)18-11-13-26-17(14-23-20(26)25-18)16-10-12-22-19(24-16)15(4)27/h10-15,27H,7-9H2,1-6H3. The molecule has 156 valence electrons. The summed E-state index contributed by atoms with van der Waals surface area (Å²) in [6.45, 7) is 12.5. The first-order chi connectivity index (χ1) is 13.7. The summed E-state index contributed by atoms with van der Waals surface area (Å²) in [7, 11) is -1.78. The molecule has 0 aromatic carbocycles. The molecule has 0 fully saturated rings. The minimum Gasteiger partial charge on any atom is -0.406 e. The fourth-order valence-electron chi connectivity index (χ4n) is 3.67. The summed E-state index contributed by atoms with van der Waals surface area (Å²) in [6.07, 6.45) is 4.63. The maximum atomic E-state index is 9.77. The highest BCUT2D eigenvalue weighted by Crippen LogP contribution is 2.33. The van der Waals surface area contributed by atoms with Crippen LogP contribution in [0.2, 0.25) is 18.1 Å².